The molecule has 12 nitrogen and oxygen atoms in total. The smallest absolute Gasteiger partial charge is 0.320 e. The SMILES string of the molecule is Nc1ncnc2c1ncn2[C@@H]1O[C@H](CS(=O)CCC(N)C(=O)O)[C@@H](O)[C@H]1O. The standard InChI is InChI=1S/C14H20N6O6S/c15-6(14(23)24)1-2-27(25)3-7-9(21)10(22)13(26-7)20-5-19-8-11(16)17-4-18-12(8)20/h4-7,9-10,13,21-22H,1-3,15H2,(H,23,24)(H2,16,17,18)/t6?,7-,9-,10-,13-,27?/m1/s1. The highest BCUT2D eigenvalue weighted by atomic mass is 32.2. The van der Waals surface area contributed by atoms with E-state index in [1.54, 1.807) is 0 Å². The first-order valence-corrected chi connectivity index (χ1v) is 9.56. The van der Waals surface area contributed by atoms with Crippen LogP contribution in [0.2, 0.25) is 0 Å². The Bertz CT molecular complexity index is 862. The summed E-state index contributed by atoms with van der Waals surface area (Å²) in [7, 11) is -1.49. The van der Waals surface area contributed by atoms with Crippen LogP contribution in [-0.4, -0.2) is 80.9 Å². The molecule has 0 bridgehead atoms. The molecular formula is C14H20N6O6S. The Kier molecular flexibility index (Phi) is 5.67. The van der Waals surface area contributed by atoms with Gasteiger partial charge in [0.2, 0.25) is 0 Å². The molecule has 0 aromatic carbocycles. The van der Waals surface area contributed by atoms with E-state index in [1.165, 1.54) is 17.2 Å². The van der Waals surface area contributed by atoms with E-state index in [4.69, 9.17) is 21.3 Å². The minimum Gasteiger partial charge on any atom is -0.480 e. The molecule has 7 N–H and O–H groups in total. The maximum absolute atomic E-state index is 12.2. The van der Waals surface area contributed by atoms with Crippen molar-refractivity contribution in [1.29, 1.82) is 0 Å². The van der Waals surface area contributed by atoms with Crippen LogP contribution in [0.25, 0.3) is 11.2 Å². The first-order valence-electron chi connectivity index (χ1n) is 8.07. The zero-order chi connectivity index (χ0) is 19.7. The number of fused-ring (bicyclic) bond motifs is 1. The maximum atomic E-state index is 12.2. The average Bonchev–Trinajstić information content (AvgIpc) is 3.17. The lowest BCUT2D eigenvalue weighted by Gasteiger charge is -2.16. The topological polar surface area (TPSA) is 200 Å². The number of aliphatic hydroxyl groups excluding tert-OH is 2. The number of nitrogen functional groups attached to an aromatic ring is 1. The van der Waals surface area contributed by atoms with Gasteiger partial charge in [-0.15, -0.1) is 0 Å². The maximum Gasteiger partial charge on any atom is 0.320 e. The number of aromatic nitrogens is 4. The van der Waals surface area contributed by atoms with Crippen molar-refractivity contribution in [3.05, 3.63) is 12.7 Å². The molecule has 1 aliphatic heterocycles. The Balaban J connectivity index is 1.69. The van der Waals surface area contributed by atoms with Crippen molar-refractivity contribution in [2.45, 2.75) is 37.0 Å². The van der Waals surface area contributed by atoms with E-state index in [2.05, 4.69) is 15.0 Å². The molecule has 1 saturated heterocycles. The van der Waals surface area contributed by atoms with E-state index in [0.29, 0.717) is 11.2 Å². The summed E-state index contributed by atoms with van der Waals surface area (Å²) >= 11 is 0. The van der Waals surface area contributed by atoms with E-state index in [0.717, 1.165) is 0 Å². The van der Waals surface area contributed by atoms with Gasteiger partial charge < -0.3 is 31.5 Å². The Morgan fingerprint density at radius 1 is 1.33 bits per heavy atom. The number of anilines is 1. The van der Waals surface area contributed by atoms with Gasteiger partial charge in [0.15, 0.2) is 17.7 Å². The lowest BCUT2D eigenvalue weighted by Crippen LogP contribution is -2.36. The number of carboxylic acid groups (broad SMARTS) is 1. The summed E-state index contributed by atoms with van der Waals surface area (Å²) in [6.45, 7) is 0. The van der Waals surface area contributed by atoms with Crippen LogP contribution >= 0.6 is 0 Å². The van der Waals surface area contributed by atoms with Crippen LogP contribution in [0.1, 0.15) is 12.6 Å². The highest BCUT2D eigenvalue weighted by Gasteiger charge is 2.44. The van der Waals surface area contributed by atoms with Gasteiger partial charge >= 0.3 is 5.97 Å². The van der Waals surface area contributed by atoms with E-state index in [1.807, 2.05) is 0 Å². The van der Waals surface area contributed by atoms with Crippen LogP contribution in [0.3, 0.4) is 0 Å². The number of aliphatic carboxylic acids is 1. The summed E-state index contributed by atoms with van der Waals surface area (Å²) in [5.74, 6) is -1.05. The van der Waals surface area contributed by atoms with Crippen molar-refractivity contribution in [2.24, 2.45) is 5.73 Å². The van der Waals surface area contributed by atoms with Gasteiger partial charge in [-0.2, -0.15) is 0 Å². The Labute approximate surface area is 155 Å². The summed E-state index contributed by atoms with van der Waals surface area (Å²) in [4.78, 5) is 22.7. The molecule has 0 aliphatic carbocycles. The largest absolute Gasteiger partial charge is 0.480 e. The van der Waals surface area contributed by atoms with Gasteiger partial charge in [0.25, 0.3) is 0 Å². The molecule has 0 spiro atoms. The van der Waals surface area contributed by atoms with Gasteiger partial charge in [0.05, 0.1) is 12.1 Å². The molecule has 3 rings (SSSR count). The number of aliphatic hydroxyl groups is 2. The normalized spacial score (nSPS) is 27.7. The molecule has 0 saturated carbocycles. The van der Waals surface area contributed by atoms with Gasteiger partial charge in [0, 0.05) is 16.6 Å². The lowest BCUT2D eigenvalue weighted by molar-refractivity contribution is -0.138. The summed E-state index contributed by atoms with van der Waals surface area (Å²) < 4.78 is 19.3. The van der Waals surface area contributed by atoms with Gasteiger partial charge in [-0.1, -0.05) is 0 Å². The minimum absolute atomic E-state index is 0.0269. The first kappa shape index (κ1) is 19.6. The molecule has 1 aliphatic rings. The number of carbonyl (C=O) groups is 1. The van der Waals surface area contributed by atoms with Crippen molar-refractivity contribution < 1.29 is 29.1 Å². The Morgan fingerprint density at radius 3 is 2.78 bits per heavy atom. The van der Waals surface area contributed by atoms with Crippen molar-refractivity contribution in [3.63, 3.8) is 0 Å². The van der Waals surface area contributed by atoms with Crippen LogP contribution in [0, 0.1) is 0 Å². The van der Waals surface area contributed by atoms with Gasteiger partial charge in [-0.05, 0) is 6.42 Å². The van der Waals surface area contributed by atoms with Crippen LogP contribution in [-0.2, 0) is 20.3 Å². The number of ether oxygens (including phenoxy) is 1. The average molecular weight is 400 g/mol. The third kappa shape index (κ3) is 3.91. The number of imidazole rings is 1. The van der Waals surface area contributed by atoms with Crippen LogP contribution < -0.4 is 11.5 Å². The van der Waals surface area contributed by atoms with E-state index >= 15 is 0 Å². The molecule has 6 atom stereocenters. The van der Waals surface area contributed by atoms with Crippen molar-refractivity contribution in [1.82, 2.24) is 19.5 Å². The highest BCUT2D eigenvalue weighted by molar-refractivity contribution is 7.85. The number of nitrogens with two attached hydrogens (primary N) is 2. The van der Waals surface area contributed by atoms with E-state index in [-0.39, 0.29) is 23.7 Å². The minimum atomic E-state index is -1.49. The second-order valence-corrected chi connectivity index (χ2v) is 7.79. The molecule has 0 amide bonds. The molecule has 2 aromatic heterocycles. The van der Waals surface area contributed by atoms with Gasteiger partial charge in [-0.3, -0.25) is 13.6 Å². The zero-order valence-corrected chi connectivity index (χ0v) is 14.9. The third-order valence-corrected chi connectivity index (χ3v) is 5.71. The molecule has 0 radical (unpaired) electrons. The fourth-order valence-electron chi connectivity index (χ4n) is 2.80. The monoisotopic (exact) mass is 400 g/mol. The van der Waals surface area contributed by atoms with Crippen molar-refractivity contribution in [3.8, 4) is 0 Å². The van der Waals surface area contributed by atoms with E-state index in [9.17, 15) is 19.2 Å². The Hall–Kier alpha value is -2.19. The second-order valence-electron chi connectivity index (χ2n) is 6.17. The predicted octanol–water partition coefficient (Wildman–Crippen LogP) is -2.42. The van der Waals surface area contributed by atoms with Gasteiger partial charge in [0.1, 0.15) is 36.2 Å². The fourth-order valence-corrected chi connectivity index (χ4v) is 4.13. The Morgan fingerprint density at radius 2 is 2.07 bits per heavy atom. The van der Waals surface area contributed by atoms with Crippen molar-refractivity contribution >= 4 is 33.8 Å². The summed E-state index contributed by atoms with van der Waals surface area (Å²) in [6, 6.07) is -1.11. The molecule has 1 fully saturated rings. The molecule has 2 unspecified atom stereocenters. The summed E-state index contributed by atoms with van der Waals surface area (Å²) in [5.41, 5.74) is 11.8. The zero-order valence-electron chi connectivity index (χ0n) is 14.1. The number of hydrogen-bond acceptors (Lipinski definition) is 10. The molecule has 148 valence electrons. The molecule has 27 heavy (non-hydrogen) atoms. The molecule has 13 heteroatoms. The summed E-state index contributed by atoms with van der Waals surface area (Å²) in [5, 5.41) is 29.3. The predicted molar refractivity (Wildman–Crippen MR) is 93.8 cm³/mol. The lowest BCUT2D eigenvalue weighted by atomic mass is 10.1. The summed E-state index contributed by atoms with van der Waals surface area (Å²) in [6.07, 6.45) is -1.87. The first-order chi connectivity index (χ1) is 12.8. The molecule has 2 aromatic rings. The number of hydrogen-bond donors (Lipinski definition) is 5. The fraction of sp³-hybridized carbons (Fsp3) is 0.571. The van der Waals surface area contributed by atoms with E-state index < -0.39 is 47.4 Å². The highest BCUT2D eigenvalue weighted by Crippen LogP contribution is 2.32. The van der Waals surface area contributed by atoms with Crippen LogP contribution in [0.4, 0.5) is 5.82 Å². The number of carboxylic acids is 1. The van der Waals surface area contributed by atoms with Crippen LogP contribution in [0.15, 0.2) is 12.7 Å². The second kappa shape index (κ2) is 7.82. The van der Waals surface area contributed by atoms with Gasteiger partial charge in [-0.25, -0.2) is 15.0 Å². The third-order valence-electron chi connectivity index (χ3n) is 4.32. The molecule has 3 heterocycles. The number of rotatable bonds is 7. The molecular weight excluding hydrogens is 380 g/mol. The number of nitrogens with zero attached hydrogens (tertiary/aromatic N) is 4. The quantitative estimate of drug-likeness (QED) is 0.331. The van der Waals surface area contributed by atoms with Crippen molar-refractivity contribution in [2.75, 3.05) is 17.2 Å². The van der Waals surface area contributed by atoms with Crippen LogP contribution in [0.5, 0.6) is 0 Å².